The van der Waals surface area contributed by atoms with E-state index in [4.69, 9.17) is 10.7 Å². The van der Waals surface area contributed by atoms with Crippen LogP contribution in [-0.2, 0) is 10.4 Å². The zero-order valence-corrected chi connectivity index (χ0v) is 7.08. The lowest BCUT2D eigenvalue weighted by Gasteiger charge is -2.01. The monoisotopic (exact) mass is 174 g/mol. The fraction of sp³-hybridized carbons (Fsp3) is 0.143. The molecule has 0 aromatic heterocycles. The normalized spacial score (nSPS) is 13.1. The molecule has 0 aliphatic rings. The van der Waals surface area contributed by atoms with Crippen molar-refractivity contribution in [2.45, 2.75) is 11.8 Å². The molecule has 0 heterocycles. The molecule has 1 unspecified atom stereocenters. The molecule has 3 heteroatoms. The smallest absolute Gasteiger partial charge is 0.181 e. The summed E-state index contributed by atoms with van der Waals surface area (Å²) in [4.78, 5) is 0.698. The lowest BCUT2D eigenvalue weighted by atomic mass is 10.2. The van der Waals surface area contributed by atoms with Crippen LogP contribution >= 0.6 is 10.7 Å². The van der Waals surface area contributed by atoms with E-state index in [0.29, 0.717) is 4.90 Å². The molecule has 0 aliphatic heterocycles. The Morgan fingerprint density at radius 3 is 2.40 bits per heavy atom. The van der Waals surface area contributed by atoms with Crippen molar-refractivity contribution in [1.29, 1.82) is 0 Å². The number of rotatable bonds is 1. The minimum Gasteiger partial charge on any atom is -0.594 e. The van der Waals surface area contributed by atoms with Crippen LogP contribution in [-0.4, -0.2) is 4.55 Å². The molecule has 10 heavy (non-hydrogen) atoms. The van der Waals surface area contributed by atoms with Crippen molar-refractivity contribution in [2.24, 2.45) is 0 Å². The van der Waals surface area contributed by atoms with Crippen molar-refractivity contribution in [3.05, 3.63) is 29.8 Å². The highest BCUT2D eigenvalue weighted by Crippen LogP contribution is 2.17. The van der Waals surface area contributed by atoms with Gasteiger partial charge in [0.2, 0.25) is 0 Å². The molecule has 0 saturated heterocycles. The van der Waals surface area contributed by atoms with Gasteiger partial charge in [0.05, 0.1) is 0 Å². The summed E-state index contributed by atoms with van der Waals surface area (Å²) in [5.41, 5.74) is 0.968. The molecule has 0 bridgehead atoms. The van der Waals surface area contributed by atoms with Gasteiger partial charge in [0, 0.05) is 5.56 Å². The van der Waals surface area contributed by atoms with Gasteiger partial charge >= 0.3 is 0 Å². The largest absolute Gasteiger partial charge is 0.594 e. The van der Waals surface area contributed by atoms with E-state index in [1.165, 1.54) is 0 Å². The maximum Gasteiger partial charge on any atom is 0.181 e. The fourth-order valence-corrected chi connectivity index (χ4v) is 1.76. The molecule has 0 N–H and O–H groups in total. The van der Waals surface area contributed by atoms with E-state index < -0.39 is 10.4 Å². The van der Waals surface area contributed by atoms with E-state index in [-0.39, 0.29) is 0 Å². The highest BCUT2D eigenvalue weighted by molar-refractivity contribution is 8.13. The summed E-state index contributed by atoms with van der Waals surface area (Å²) in [6, 6.07) is 7.36. The van der Waals surface area contributed by atoms with Gasteiger partial charge in [-0.05, 0) is 13.0 Å². The lowest BCUT2D eigenvalue weighted by Crippen LogP contribution is -1.92. The van der Waals surface area contributed by atoms with Crippen molar-refractivity contribution in [2.75, 3.05) is 0 Å². The van der Waals surface area contributed by atoms with Gasteiger partial charge in [0.15, 0.2) is 15.6 Å². The Balaban J connectivity index is 3.03. The minimum absolute atomic E-state index is 0.698. The minimum atomic E-state index is -1.37. The Hall–Kier alpha value is -0.180. The average molecular weight is 175 g/mol. The molecule has 54 valence electrons. The average Bonchev–Trinajstić information content (AvgIpc) is 1.88. The van der Waals surface area contributed by atoms with Crippen LogP contribution in [0.5, 0.6) is 0 Å². The molecule has 0 spiro atoms. The van der Waals surface area contributed by atoms with Crippen molar-refractivity contribution in [3.8, 4) is 0 Å². The van der Waals surface area contributed by atoms with E-state index in [0.717, 1.165) is 5.56 Å². The molecule has 1 aromatic rings. The van der Waals surface area contributed by atoms with Crippen molar-refractivity contribution >= 4 is 21.1 Å². The molecule has 1 atom stereocenters. The number of aryl methyl sites for hydroxylation is 1. The van der Waals surface area contributed by atoms with Crippen LogP contribution in [0.15, 0.2) is 29.2 Å². The second kappa shape index (κ2) is 3.28. The zero-order chi connectivity index (χ0) is 7.56. The summed E-state index contributed by atoms with van der Waals surface area (Å²) in [5.74, 6) is 0. The Morgan fingerprint density at radius 1 is 1.40 bits per heavy atom. The van der Waals surface area contributed by atoms with Gasteiger partial charge in [0.1, 0.15) is 10.4 Å². The molecular formula is C7H7ClOS. The first kappa shape index (κ1) is 7.92. The standard InChI is InChI=1S/C7H7ClOS/c1-6-4-2-3-5-7(6)10(8)9/h2-5H,1H3. The van der Waals surface area contributed by atoms with Gasteiger partial charge in [-0.1, -0.05) is 18.2 Å². The molecule has 0 radical (unpaired) electrons. The molecule has 0 saturated carbocycles. The molecule has 1 nitrogen and oxygen atoms in total. The van der Waals surface area contributed by atoms with Crippen LogP contribution in [0, 0.1) is 6.92 Å². The van der Waals surface area contributed by atoms with Crippen LogP contribution in [0.25, 0.3) is 0 Å². The summed E-state index contributed by atoms with van der Waals surface area (Å²) in [6.07, 6.45) is 0. The van der Waals surface area contributed by atoms with E-state index in [9.17, 15) is 4.55 Å². The quantitative estimate of drug-likeness (QED) is 0.599. The summed E-state index contributed by atoms with van der Waals surface area (Å²) >= 11 is 0. The third-order valence-corrected chi connectivity index (χ3v) is 2.57. The zero-order valence-electron chi connectivity index (χ0n) is 5.50. The predicted octanol–water partition coefficient (Wildman–Crippen LogP) is 2.26. The van der Waals surface area contributed by atoms with Gasteiger partial charge in [-0.3, -0.25) is 0 Å². The second-order valence-electron chi connectivity index (χ2n) is 1.99. The number of benzene rings is 1. The van der Waals surface area contributed by atoms with Gasteiger partial charge in [-0.25, -0.2) is 0 Å². The van der Waals surface area contributed by atoms with E-state index in [1.807, 2.05) is 25.1 Å². The lowest BCUT2D eigenvalue weighted by molar-refractivity contribution is 0.608. The summed E-state index contributed by atoms with van der Waals surface area (Å²) in [6.45, 7) is 1.88. The van der Waals surface area contributed by atoms with Crippen LogP contribution < -0.4 is 0 Å². The molecule has 0 aliphatic carbocycles. The van der Waals surface area contributed by atoms with Gasteiger partial charge in [-0.2, -0.15) is 0 Å². The first-order valence-corrected chi connectivity index (χ1v) is 4.83. The maximum absolute atomic E-state index is 10.7. The third-order valence-electron chi connectivity index (χ3n) is 1.27. The predicted molar refractivity (Wildman–Crippen MR) is 43.4 cm³/mol. The molecule has 0 fully saturated rings. The van der Waals surface area contributed by atoms with Crippen molar-refractivity contribution in [3.63, 3.8) is 0 Å². The molecular weight excluding hydrogens is 168 g/mol. The second-order valence-corrected chi connectivity index (χ2v) is 3.72. The first-order chi connectivity index (χ1) is 4.72. The van der Waals surface area contributed by atoms with E-state index in [2.05, 4.69) is 0 Å². The first-order valence-electron chi connectivity index (χ1n) is 2.85. The SMILES string of the molecule is Cc1ccccc1[S+]([O-])Cl. The molecule has 1 rings (SSSR count). The van der Waals surface area contributed by atoms with Crippen LogP contribution in [0.2, 0.25) is 0 Å². The molecule has 1 aromatic carbocycles. The highest BCUT2D eigenvalue weighted by atomic mass is 35.7. The van der Waals surface area contributed by atoms with Crippen molar-refractivity contribution in [1.82, 2.24) is 0 Å². The van der Waals surface area contributed by atoms with Crippen LogP contribution in [0.4, 0.5) is 0 Å². The van der Waals surface area contributed by atoms with E-state index >= 15 is 0 Å². The number of halogens is 1. The number of hydrogen-bond donors (Lipinski definition) is 0. The van der Waals surface area contributed by atoms with Gasteiger partial charge in [0.25, 0.3) is 0 Å². The topological polar surface area (TPSA) is 23.1 Å². The summed E-state index contributed by atoms with van der Waals surface area (Å²) in [7, 11) is 4.01. The third kappa shape index (κ3) is 1.66. The Bertz CT molecular complexity index is 225. The van der Waals surface area contributed by atoms with E-state index in [1.54, 1.807) is 6.07 Å². The number of hydrogen-bond acceptors (Lipinski definition) is 1. The van der Waals surface area contributed by atoms with Crippen LogP contribution in [0.3, 0.4) is 0 Å². The highest BCUT2D eigenvalue weighted by Gasteiger charge is 2.09. The fourth-order valence-electron chi connectivity index (χ4n) is 0.736. The van der Waals surface area contributed by atoms with Gasteiger partial charge in [-0.15, -0.1) is 0 Å². The molecule has 0 amide bonds. The summed E-state index contributed by atoms with van der Waals surface area (Å²) < 4.78 is 10.7. The Kier molecular flexibility index (Phi) is 2.60. The Morgan fingerprint density at radius 2 is 2.00 bits per heavy atom. The van der Waals surface area contributed by atoms with Gasteiger partial charge < -0.3 is 4.55 Å². The Labute approximate surface area is 67.7 Å². The maximum atomic E-state index is 10.7. The summed E-state index contributed by atoms with van der Waals surface area (Å²) in [5, 5.41) is 0. The van der Waals surface area contributed by atoms with Crippen molar-refractivity contribution < 1.29 is 4.55 Å². The van der Waals surface area contributed by atoms with Crippen LogP contribution in [0.1, 0.15) is 5.56 Å².